The lowest BCUT2D eigenvalue weighted by Crippen LogP contribution is -1.78. The lowest BCUT2D eigenvalue weighted by molar-refractivity contribution is 1.41. The molecule has 2 aromatic rings. The van der Waals surface area contributed by atoms with Gasteiger partial charge in [0, 0.05) is 14.8 Å². The lowest BCUT2D eigenvalue weighted by Gasteiger charge is -2.07. The van der Waals surface area contributed by atoms with Crippen molar-refractivity contribution in [2.75, 3.05) is 0 Å². The molecule has 2 rings (SSSR count). The van der Waals surface area contributed by atoms with Gasteiger partial charge in [0.15, 0.2) is 0 Å². The first-order valence-corrected chi connectivity index (χ1v) is 6.97. The third-order valence-corrected chi connectivity index (χ3v) is 4.76. The molecular weight excluding hydrogens is 318 g/mol. The molecule has 0 bridgehead atoms. The zero-order chi connectivity index (χ0) is 12.4. The highest BCUT2D eigenvalue weighted by molar-refractivity contribution is 7.99. The SMILES string of the molecule is Clc1ccc(Sc2cccc(Cl)c2Cl)c(Cl)c1. The maximum Gasteiger partial charge on any atom is 0.0731 e. The first-order chi connectivity index (χ1) is 8.08. The molecule has 88 valence electrons. The van der Waals surface area contributed by atoms with E-state index in [2.05, 4.69) is 0 Å². The van der Waals surface area contributed by atoms with Gasteiger partial charge in [0.05, 0.1) is 15.1 Å². The fourth-order valence-corrected chi connectivity index (χ4v) is 3.11. The molecular formula is C12H6Cl4S. The predicted molar refractivity (Wildman–Crippen MR) is 77.0 cm³/mol. The Morgan fingerprint density at radius 2 is 1.53 bits per heavy atom. The highest BCUT2D eigenvalue weighted by Gasteiger charge is 2.08. The van der Waals surface area contributed by atoms with Crippen LogP contribution in [-0.2, 0) is 0 Å². The van der Waals surface area contributed by atoms with Gasteiger partial charge in [-0.15, -0.1) is 0 Å². The molecule has 5 heteroatoms. The topological polar surface area (TPSA) is 0 Å². The lowest BCUT2D eigenvalue weighted by atomic mass is 10.3. The van der Waals surface area contributed by atoms with Crippen LogP contribution in [0.5, 0.6) is 0 Å². The van der Waals surface area contributed by atoms with E-state index in [1.807, 2.05) is 18.2 Å². The monoisotopic (exact) mass is 322 g/mol. The molecule has 0 radical (unpaired) electrons. The highest BCUT2D eigenvalue weighted by atomic mass is 35.5. The molecule has 0 fully saturated rings. The number of rotatable bonds is 2. The molecule has 0 saturated heterocycles. The van der Waals surface area contributed by atoms with Gasteiger partial charge in [-0.25, -0.2) is 0 Å². The Kier molecular flexibility index (Phi) is 4.51. The molecule has 0 unspecified atom stereocenters. The average Bonchev–Trinajstić information content (AvgIpc) is 2.28. The fraction of sp³-hybridized carbons (Fsp3) is 0. The van der Waals surface area contributed by atoms with E-state index in [1.165, 1.54) is 11.8 Å². The molecule has 0 aliphatic heterocycles. The van der Waals surface area contributed by atoms with Crippen LogP contribution in [0.15, 0.2) is 46.2 Å². The summed E-state index contributed by atoms with van der Waals surface area (Å²) < 4.78 is 0. The Balaban J connectivity index is 2.35. The van der Waals surface area contributed by atoms with E-state index in [-0.39, 0.29) is 0 Å². The summed E-state index contributed by atoms with van der Waals surface area (Å²) in [7, 11) is 0. The van der Waals surface area contributed by atoms with Crippen molar-refractivity contribution in [1.82, 2.24) is 0 Å². The summed E-state index contributed by atoms with van der Waals surface area (Å²) >= 11 is 25.4. The minimum atomic E-state index is 0.529. The zero-order valence-electron chi connectivity index (χ0n) is 8.38. The molecule has 0 heterocycles. The van der Waals surface area contributed by atoms with Gasteiger partial charge in [-0.2, -0.15) is 0 Å². The molecule has 0 amide bonds. The van der Waals surface area contributed by atoms with Crippen molar-refractivity contribution < 1.29 is 0 Å². The molecule has 0 N–H and O–H groups in total. The minimum absolute atomic E-state index is 0.529. The van der Waals surface area contributed by atoms with Crippen molar-refractivity contribution in [3.05, 3.63) is 56.5 Å². The summed E-state index contributed by atoms with van der Waals surface area (Å²) in [6, 6.07) is 10.8. The van der Waals surface area contributed by atoms with Crippen molar-refractivity contribution in [2.24, 2.45) is 0 Å². The van der Waals surface area contributed by atoms with Crippen LogP contribution in [0.2, 0.25) is 20.1 Å². The van der Waals surface area contributed by atoms with Crippen molar-refractivity contribution in [1.29, 1.82) is 0 Å². The van der Waals surface area contributed by atoms with Crippen LogP contribution in [0.1, 0.15) is 0 Å². The third-order valence-electron chi connectivity index (χ3n) is 2.03. The van der Waals surface area contributed by atoms with Crippen LogP contribution in [0.4, 0.5) is 0 Å². The second-order valence-electron chi connectivity index (χ2n) is 3.23. The van der Waals surface area contributed by atoms with Crippen molar-refractivity contribution >= 4 is 58.2 Å². The molecule has 0 atom stereocenters. The van der Waals surface area contributed by atoms with E-state index in [0.29, 0.717) is 20.1 Å². The second-order valence-corrected chi connectivity index (χ2v) is 5.94. The summed E-state index contributed by atoms with van der Waals surface area (Å²) in [5.41, 5.74) is 0. The van der Waals surface area contributed by atoms with Crippen molar-refractivity contribution in [2.45, 2.75) is 9.79 Å². The van der Waals surface area contributed by atoms with Crippen molar-refractivity contribution in [3.8, 4) is 0 Å². The summed E-state index contributed by atoms with van der Waals surface area (Å²) in [6.45, 7) is 0. The first kappa shape index (κ1) is 13.4. The first-order valence-electron chi connectivity index (χ1n) is 4.65. The molecule has 2 aromatic carbocycles. The summed E-state index contributed by atoms with van der Waals surface area (Å²) in [5, 5.41) is 2.27. The van der Waals surface area contributed by atoms with Crippen LogP contribution < -0.4 is 0 Å². The van der Waals surface area contributed by atoms with Gasteiger partial charge in [0.2, 0.25) is 0 Å². The predicted octanol–water partition coefficient (Wildman–Crippen LogP) is 6.45. The Morgan fingerprint density at radius 3 is 2.24 bits per heavy atom. The Morgan fingerprint density at radius 1 is 0.765 bits per heavy atom. The van der Waals surface area contributed by atoms with Crippen LogP contribution >= 0.6 is 58.2 Å². The van der Waals surface area contributed by atoms with Gasteiger partial charge in [0.1, 0.15) is 0 Å². The summed E-state index contributed by atoms with van der Waals surface area (Å²) in [6.07, 6.45) is 0. The van der Waals surface area contributed by atoms with Gasteiger partial charge in [0.25, 0.3) is 0 Å². The Hall–Kier alpha value is -0.0500. The van der Waals surface area contributed by atoms with Gasteiger partial charge in [-0.3, -0.25) is 0 Å². The zero-order valence-corrected chi connectivity index (χ0v) is 12.2. The molecule has 0 nitrogen and oxygen atoms in total. The van der Waals surface area contributed by atoms with Gasteiger partial charge in [-0.1, -0.05) is 64.2 Å². The Labute approximate surface area is 124 Å². The molecule has 0 aliphatic carbocycles. The maximum atomic E-state index is 6.10. The Bertz CT molecular complexity index is 554. The molecule has 17 heavy (non-hydrogen) atoms. The highest BCUT2D eigenvalue weighted by Crippen LogP contribution is 2.40. The maximum absolute atomic E-state index is 6.10. The van der Waals surface area contributed by atoms with E-state index in [4.69, 9.17) is 46.4 Å². The molecule has 0 aromatic heterocycles. The van der Waals surface area contributed by atoms with E-state index < -0.39 is 0 Å². The van der Waals surface area contributed by atoms with Crippen LogP contribution in [0.3, 0.4) is 0 Å². The van der Waals surface area contributed by atoms with Crippen LogP contribution in [0.25, 0.3) is 0 Å². The quantitative estimate of drug-likeness (QED) is 0.611. The smallest absolute Gasteiger partial charge is 0.0731 e. The van der Waals surface area contributed by atoms with Gasteiger partial charge < -0.3 is 0 Å². The average molecular weight is 324 g/mol. The standard InChI is InChI=1S/C12H6Cl4S/c13-7-4-5-10(9(15)6-7)17-11-3-1-2-8(14)12(11)16/h1-6H. The fourth-order valence-electron chi connectivity index (χ4n) is 1.24. The molecule has 0 aliphatic rings. The van der Waals surface area contributed by atoms with E-state index in [0.717, 1.165) is 9.79 Å². The summed E-state index contributed by atoms with van der Waals surface area (Å²) in [4.78, 5) is 1.75. The van der Waals surface area contributed by atoms with Gasteiger partial charge >= 0.3 is 0 Å². The number of hydrogen-bond acceptors (Lipinski definition) is 1. The van der Waals surface area contributed by atoms with E-state index >= 15 is 0 Å². The van der Waals surface area contributed by atoms with E-state index in [9.17, 15) is 0 Å². The number of hydrogen-bond donors (Lipinski definition) is 0. The van der Waals surface area contributed by atoms with Gasteiger partial charge in [-0.05, 0) is 30.3 Å². The van der Waals surface area contributed by atoms with Crippen LogP contribution in [0, 0.1) is 0 Å². The van der Waals surface area contributed by atoms with Crippen molar-refractivity contribution in [3.63, 3.8) is 0 Å². The molecule has 0 spiro atoms. The normalized spacial score (nSPS) is 10.6. The van der Waals surface area contributed by atoms with E-state index in [1.54, 1.807) is 18.2 Å². The second kappa shape index (κ2) is 5.73. The third kappa shape index (κ3) is 3.24. The number of benzene rings is 2. The molecule has 0 saturated carbocycles. The minimum Gasteiger partial charge on any atom is -0.0869 e. The largest absolute Gasteiger partial charge is 0.0869 e. The number of halogens is 4. The summed E-state index contributed by atoms with van der Waals surface area (Å²) in [5.74, 6) is 0. The van der Waals surface area contributed by atoms with Crippen LogP contribution in [-0.4, -0.2) is 0 Å².